The number of thiophene rings is 1. The van der Waals surface area contributed by atoms with Crippen molar-refractivity contribution in [1.82, 2.24) is 4.31 Å². The number of nitrogens with zero attached hydrogens (tertiary/aromatic N) is 1. The number of ketones is 1. The molecule has 144 valence electrons. The number of rotatable bonds is 6. The predicted molar refractivity (Wildman–Crippen MR) is 103 cm³/mol. The van der Waals surface area contributed by atoms with E-state index in [2.05, 4.69) is 0 Å². The molecule has 2 aromatic rings. The van der Waals surface area contributed by atoms with Gasteiger partial charge in [0.1, 0.15) is 6.04 Å². The first kappa shape index (κ1) is 20.0. The first-order chi connectivity index (χ1) is 12.9. The molecule has 1 saturated heterocycles. The Morgan fingerprint density at radius 2 is 1.89 bits per heavy atom. The van der Waals surface area contributed by atoms with Crippen molar-refractivity contribution < 1.29 is 22.7 Å². The maximum Gasteiger partial charge on any atom is 0.324 e. The SMILES string of the molecule is O=C(COC(=O)C1CCCCN1S(=O)(=O)c1ccccc1)c1ccc(Cl)s1. The van der Waals surface area contributed by atoms with Gasteiger partial charge in [-0.1, -0.05) is 29.8 Å². The number of sulfonamides is 1. The van der Waals surface area contributed by atoms with Crippen molar-refractivity contribution in [3.63, 3.8) is 0 Å². The van der Waals surface area contributed by atoms with Crippen molar-refractivity contribution in [3.05, 3.63) is 51.7 Å². The molecule has 1 unspecified atom stereocenters. The molecule has 0 spiro atoms. The van der Waals surface area contributed by atoms with Gasteiger partial charge in [-0.15, -0.1) is 11.3 Å². The summed E-state index contributed by atoms with van der Waals surface area (Å²) in [4.78, 5) is 25.1. The first-order valence-electron chi connectivity index (χ1n) is 8.41. The molecule has 1 aromatic heterocycles. The fraction of sp³-hybridized carbons (Fsp3) is 0.333. The molecule has 1 aromatic carbocycles. The highest BCUT2D eigenvalue weighted by atomic mass is 35.5. The lowest BCUT2D eigenvalue weighted by Crippen LogP contribution is -2.48. The molecule has 1 atom stereocenters. The quantitative estimate of drug-likeness (QED) is 0.521. The van der Waals surface area contributed by atoms with Crippen LogP contribution in [0.2, 0.25) is 4.34 Å². The van der Waals surface area contributed by atoms with E-state index < -0.39 is 28.6 Å². The van der Waals surface area contributed by atoms with Crippen molar-refractivity contribution in [2.45, 2.75) is 30.2 Å². The zero-order valence-electron chi connectivity index (χ0n) is 14.3. The summed E-state index contributed by atoms with van der Waals surface area (Å²) >= 11 is 6.91. The second kappa shape index (κ2) is 8.52. The van der Waals surface area contributed by atoms with Gasteiger partial charge in [-0.2, -0.15) is 4.31 Å². The van der Waals surface area contributed by atoms with E-state index in [4.69, 9.17) is 16.3 Å². The largest absolute Gasteiger partial charge is 0.456 e. The number of halogens is 1. The van der Waals surface area contributed by atoms with Gasteiger partial charge in [0.05, 0.1) is 14.1 Å². The summed E-state index contributed by atoms with van der Waals surface area (Å²) in [6, 6.07) is 10.2. The molecule has 2 heterocycles. The van der Waals surface area contributed by atoms with Gasteiger partial charge in [0.25, 0.3) is 0 Å². The minimum absolute atomic E-state index is 0.133. The highest BCUT2D eigenvalue weighted by Crippen LogP contribution is 2.26. The third kappa shape index (κ3) is 4.57. The molecular formula is C18H18ClNO5S2. The van der Waals surface area contributed by atoms with Crippen molar-refractivity contribution in [1.29, 1.82) is 0 Å². The summed E-state index contributed by atoms with van der Waals surface area (Å²) in [6.07, 6.45) is 1.75. The lowest BCUT2D eigenvalue weighted by atomic mass is 10.1. The van der Waals surface area contributed by atoms with E-state index in [1.165, 1.54) is 16.4 Å². The van der Waals surface area contributed by atoms with Crippen LogP contribution in [0.15, 0.2) is 47.4 Å². The summed E-state index contributed by atoms with van der Waals surface area (Å²) < 4.78 is 32.6. The molecule has 0 N–H and O–H groups in total. The topological polar surface area (TPSA) is 80.8 Å². The highest BCUT2D eigenvalue weighted by molar-refractivity contribution is 7.89. The number of hydrogen-bond donors (Lipinski definition) is 0. The number of benzene rings is 1. The zero-order valence-corrected chi connectivity index (χ0v) is 16.7. The lowest BCUT2D eigenvalue weighted by molar-refractivity contribution is -0.148. The maximum atomic E-state index is 12.9. The average Bonchev–Trinajstić information content (AvgIpc) is 3.13. The molecule has 0 radical (unpaired) electrons. The second-order valence-electron chi connectivity index (χ2n) is 6.08. The Balaban J connectivity index is 1.71. The Kier molecular flexibility index (Phi) is 6.31. The van der Waals surface area contributed by atoms with Gasteiger partial charge in [-0.25, -0.2) is 8.42 Å². The van der Waals surface area contributed by atoms with Crippen LogP contribution in [0.1, 0.15) is 28.9 Å². The van der Waals surface area contributed by atoms with E-state index >= 15 is 0 Å². The van der Waals surface area contributed by atoms with Crippen LogP contribution < -0.4 is 0 Å². The van der Waals surface area contributed by atoms with Crippen molar-refractivity contribution in [2.24, 2.45) is 0 Å². The van der Waals surface area contributed by atoms with E-state index in [1.54, 1.807) is 30.3 Å². The molecule has 1 aliphatic rings. The summed E-state index contributed by atoms with van der Waals surface area (Å²) in [6.45, 7) is -0.198. The molecular weight excluding hydrogens is 410 g/mol. The van der Waals surface area contributed by atoms with Crippen LogP contribution in [0.4, 0.5) is 0 Å². The summed E-state index contributed by atoms with van der Waals surface area (Å²) in [5.74, 6) is -1.07. The number of hydrogen-bond acceptors (Lipinski definition) is 6. The monoisotopic (exact) mass is 427 g/mol. The zero-order chi connectivity index (χ0) is 19.4. The number of esters is 1. The Bertz CT molecular complexity index is 926. The van der Waals surface area contributed by atoms with E-state index in [0.29, 0.717) is 22.1 Å². The van der Waals surface area contributed by atoms with Crippen LogP contribution in [-0.4, -0.2) is 43.7 Å². The smallest absolute Gasteiger partial charge is 0.324 e. The Hall–Kier alpha value is -1.74. The summed E-state index contributed by atoms with van der Waals surface area (Å²) in [7, 11) is -3.81. The van der Waals surface area contributed by atoms with Crippen LogP contribution in [-0.2, 0) is 19.6 Å². The molecule has 6 nitrogen and oxygen atoms in total. The van der Waals surface area contributed by atoms with Crippen molar-refractivity contribution in [2.75, 3.05) is 13.2 Å². The van der Waals surface area contributed by atoms with Crippen molar-refractivity contribution >= 4 is 44.7 Å². The molecule has 0 aliphatic carbocycles. The molecule has 0 bridgehead atoms. The molecule has 3 rings (SSSR count). The first-order valence-corrected chi connectivity index (χ1v) is 11.0. The number of Topliss-reactive ketones (excluding diaryl/α,β-unsaturated/α-hetero) is 1. The van der Waals surface area contributed by atoms with Gasteiger partial charge < -0.3 is 4.74 Å². The highest BCUT2D eigenvalue weighted by Gasteiger charge is 2.38. The molecule has 0 amide bonds. The van der Waals surface area contributed by atoms with Crippen LogP contribution >= 0.6 is 22.9 Å². The van der Waals surface area contributed by atoms with Gasteiger partial charge in [-0.05, 0) is 43.5 Å². The summed E-state index contributed by atoms with van der Waals surface area (Å²) in [5.41, 5.74) is 0. The normalized spacial score (nSPS) is 18.2. The standard InChI is InChI=1S/C18H18ClNO5S2/c19-17-10-9-16(26-17)15(21)12-25-18(22)14-8-4-5-11-20(14)27(23,24)13-6-2-1-3-7-13/h1-3,6-7,9-10,14H,4-5,8,11-12H2. The minimum Gasteiger partial charge on any atom is -0.456 e. The van der Waals surface area contributed by atoms with Crippen molar-refractivity contribution in [3.8, 4) is 0 Å². The van der Waals surface area contributed by atoms with Gasteiger partial charge >= 0.3 is 5.97 Å². The van der Waals surface area contributed by atoms with Crippen LogP contribution in [0.5, 0.6) is 0 Å². The molecule has 1 fully saturated rings. The average molecular weight is 428 g/mol. The molecule has 1 aliphatic heterocycles. The fourth-order valence-corrected chi connectivity index (χ4v) is 5.56. The minimum atomic E-state index is -3.81. The fourth-order valence-electron chi connectivity index (χ4n) is 2.92. The van der Waals surface area contributed by atoms with Gasteiger partial charge in [-0.3, -0.25) is 9.59 Å². The van der Waals surface area contributed by atoms with Crippen LogP contribution in [0.25, 0.3) is 0 Å². The number of carbonyl (C=O) groups excluding carboxylic acids is 2. The van der Waals surface area contributed by atoms with Gasteiger partial charge in [0.15, 0.2) is 6.61 Å². The third-order valence-electron chi connectivity index (χ3n) is 4.27. The third-order valence-corrected chi connectivity index (χ3v) is 7.46. The number of carbonyl (C=O) groups is 2. The Morgan fingerprint density at radius 3 is 2.56 bits per heavy atom. The second-order valence-corrected chi connectivity index (χ2v) is 9.68. The van der Waals surface area contributed by atoms with E-state index in [-0.39, 0.29) is 17.2 Å². The Morgan fingerprint density at radius 1 is 1.15 bits per heavy atom. The lowest BCUT2D eigenvalue weighted by Gasteiger charge is -2.32. The van der Waals surface area contributed by atoms with E-state index in [0.717, 1.165) is 17.8 Å². The Labute approximate surface area is 166 Å². The van der Waals surface area contributed by atoms with Gasteiger partial charge in [0.2, 0.25) is 15.8 Å². The van der Waals surface area contributed by atoms with Crippen LogP contribution in [0, 0.1) is 0 Å². The predicted octanol–water partition coefficient (Wildman–Crippen LogP) is 3.37. The number of ether oxygens (including phenoxy) is 1. The van der Waals surface area contributed by atoms with E-state index in [1.807, 2.05) is 0 Å². The summed E-state index contributed by atoms with van der Waals surface area (Å²) in [5, 5.41) is 0. The maximum absolute atomic E-state index is 12.9. The van der Waals surface area contributed by atoms with E-state index in [9.17, 15) is 18.0 Å². The molecule has 0 saturated carbocycles. The van der Waals surface area contributed by atoms with Crippen LogP contribution in [0.3, 0.4) is 0 Å². The molecule has 9 heteroatoms. The number of piperidine rings is 1. The molecule has 27 heavy (non-hydrogen) atoms. The van der Waals surface area contributed by atoms with Gasteiger partial charge in [0, 0.05) is 6.54 Å².